The van der Waals surface area contributed by atoms with E-state index in [1.807, 2.05) is 0 Å². The summed E-state index contributed by atoms with van der Waals surface area (Å²) >= 11 is 0. The van der Waals surface area contributed by atoms with Gasteiger partial charge in [0.05, 0.1) is 11.9 Å². The third-order valence-corrected chi connectivity index (χ3v) is 3.46. The van der Waals surface area contributed by atoms with Gasteiger partial charge in [0.15, 0.2) is 5.69 Å². The minimum Gasteiger partial charge on any atom is -0.476 e. The second-order valence-electron chi connectivity index (χ2n) is 4.92. The van der Waals surface area contributed by atoms with Gasteiger partial charge in [-0.25, -0.2) is 9.78 Å². The maximum Gasteiger partial charge on any atom is 0.356 e. The molecule has 7 heteroatoms. The number of carboxylic acids is 1. The molecule has 1 heterocycles. The molecule has 1 saturated carbocycles. The van der Waals surface area contributed by atoms with Crippen molar-refractivity contribution >= 4 is 11.9 Å². The van der Waals surface area contributed by atoms with Crippen molar-refractivity contribution in [1.82, 2.24) is 14.9 Å². The van der Waals surface area contributed by atoms with Crippen LogP contribution in [0.25, 0.3) is 0 Å². The summed E-state index contributed by atoms with van der Waals surface area (Å²) in [6.07, 6.45) is 6.31. The van der Waals surface area contributed by atoms with Crippen molar-refractivity contribution in [2.24, 2.45) is 5.73 Å². The Balaban J connectivity index is 1.79. The van der Waals surface area contributed by atoms with Crippen LogP contribution in [0.4, 0.5) is 0 Å². The molecule has 0 spiro atoms. The van der Waals surface area contributed by atoms with E-state index >= 15 is 0 Å². The van der Waals surface area contributed by atoms with Crippen molar-refractivity contribution in [3.8, 4) is 0 Å². The molecule has 2 rings (SSSR count). The summed E-state index contributed by atoms with van der Waals surface area (Å²) in [4.78, 5) is 26.3. The van der Waals surface area contributed by atoms with Crippen LogP contribution in [0, 0.1) is 0 Å². The van der Waals surface area contributed by atoms with E-state index < -0.39 is 11.5 Å². The zero-order valence-electron chi connectivity index (χ0n) is 10.6. The Morgan fingerprint density at radius 1 is 1.47 bits per heavy atom. The fourth-order valence-corrected chi connectivity index (χ4v) is 2.30. The number of carbonyl (C=O) groups is 2. The van der Waals surface area contributed by atoms with Crippen molar-refractivity contribution in [1.29, 1.82) is 0 Å². The number of hydrogen-bond donors (Lipinski definition) is 3. The summed E-state index contributed by atoms with van der Waals surface area (Å²) in [5, 5.41) is 11.5. The minimum absolute atomic E-state index is 0.00239. The number of hydrogen-bond acceptors (Lipinski definition) is 4. The molecule has 19 heavy (non-hydrogen) atoms. The molecule has 0 aromatic carbocycles. The van der Waals surface area contributed by atoms with Gasteiger partial charge in [0, 0.05) is 19.3 Å². The van der Waals surface area contributed by atoms with E-state index in [0.29, 0.717) is 13.1 Å². The Hall–Kier alpha value is -1.89. The molecular formula is C12H18N4O3. The lowest BCUT2D eigenvalue weighted by atomic mass is 9.98. The van der Waals surface area contributed by atoms with Crippen LogP contribution in [0.2, 0.25) is 0 Å². The molecule has 1 aromatic rings. The van der Waals surface area contributed by atoms with Gasteiger partial charge < -0.3 is 20.7 Å². The first kappa shape index (κ1) is 13.5. The molecule has 0 unspecified atom stereocenters. The molecule has 104 valence electrons. The van der Waals surface area contributed by atoms with Crippen LogP contribution in [-0.2, 0) is 11.3 Å². The normalized spacial score (nSPS) is 17.3. The smallest absolute Gasteiger partial charge is 0.356 e. The Bertz CT molecular complexity index is 477. The molecule has 0 aliphatic heterocycles. The highest BCUT2D eigenvalue weighted by atomic mass is 16.4. The second-order valence-corrected chi connectivity index (χ2v) is 4.92. The van der Waals surface area contributed by atoms with E-state index in [-0.39, 0.29) is 11.6 Å². The fourth-order valence-electron chi connectivity index (χ4n) is 2.30. The molecule has 1 aliphatic carbocycles. The highest BCUT2D eigenvalue weighted by Gasteiger charge is 2.36. The number of imidazole rings is 1. The van der Waals surface area contributed by atoms with Crippen LogP contribution >= 0.6 is 0 Å². The summed E-state index contributed by atoms with van der Waals surface area (Å²) in [5.74, 6) is -1.18. The molecule has 1 aromatic heterocycles. The van der Waals surface area contributed by atoms with E-state index in [2.05, 4.69) is 10.3 Å². The van der Waals surface area contributed by atoms with Gasteiger partial charge in [-0.2, -0.15) is 0 Å². The maximum atomic E-state index is 11.9. The van der Waals surface area contributed by atoms with Gasteiger partial charge in [0.25, 0.3) is 0 Å². The van der Waals surface area contributed by atoms with E-state index in [0.717, 1.165) is 25.7 Å². The van der Waals surface area contributed by atoms with Crippen molar-refractivity contribution in [2.75, 3.05) is 6.54 Å². The third kappa shape index (κ3) is 3.11. The standard InChI is InChI=1S/C12H18N4O3/c13-12(3-1-2-4-12)11(19)14-5-6-16-7-9(10(17)18)15-8-16/h7-8H,1-6,13H2,(H,14,19)(H,17,18). The quantitative estimate of drug-likeness (QED) is 0.693. The first-order valence-corrected chi connectivity index (χ1v) is 6.33. The summed E-state index contributed by atoms with van der Waals surface area (Å²) in [6.45, 7) is 0.884. The first-order chi connectivity index (χ1) is 9.01. The fraction of sp³-hybridized carbons (Fsp3) is 0.583. The Morgan fingerprint density at radius 2 is 2.16 bits per heavy atom. The number of rotatable bonds is 5. The van der Waals surface area contributed by atoms with Crippen LogP contribution in [0.5, 0.6) is 0 Å². The highest BCUT2D eigenvalue weighted by Crippen LogP contribution is 2.27. The number of aromatic carboxylic acids is 1. The molecule has 1 fully saturated rings. The molecule has 1 amide bonds. The number of aromatic nitrogens is 2. The monoisotopic (exact) mass is 266 g/mol. The van der Waals surface area contributed by atoms with E-state index in [1.54, 1.807) is 4.57 Å². The van der Waals surface area contributed by atoms with E-state index in [1.165, 1.54) is 12.5 Å². The van der Waals surface area contributed by atoms with Gasteiger partial charge in [0.1, 0.15) is 0 Å². The lowest BCUT2D eigenvalue weighted by molar-refractivity contribution is -0.126. The summed E-state index contributed by atoms with van der Waals surface area (Å²) in [5.41, 5.74) is 5.29. The molecule has 0 saturated heterocycles. The van der Waals surface area contributed by atoms with Gasteiger partial charge in [-0.1, -0.05) is 12.8 Å². The Labute approximate surface area is 110 Å². The average Bonchev–Trinajstić information content (AvgIpc) is 2.99. The number of nitrogens with two attached hydrogens (primary N) is 1. The summed E-state index contributed by atoms with van der Waals surface area (Å²) < 4.78 is 1.63. The molecular weight excluding hydrogens is 248 g/mol. The van der Waals surface area contributed by atoms with Gasteiger partial charge in [-0.15, -0.1) is 0 Å². The Morgan fingerprint density at radius 3 is 2.74 bits per heavy atom. The number of nitrogens with zero attached hydrogens (tertiary/aromatic N) is 2. The first-order valence-electron chi connectivity index (χ1n) is 6.33. The van der Waals surface area contributed by atoms with Crippen molar-refractivity contribution in [3.63, 3.8) is 0 Å². The number of carboxylic acid groups (broad SMARTS) is 1. The van der Waals surface area contributed by atoms with Crippen LogP contribution in [0.15, 0.2) is 12.5 Å². The topological polar surface area (TPSA) is 110 Å². The van der Waals surface area contributed by atoms with Crippen LogP contribution in [-0.4, -0.2) is 38.6 Å². The zero-order valence-corrected chi connectivity index (χ0v) is 10.6. The summed E-state index contributed by atoms with van der Waals surface area (Å²) in [6, 6.07) is 0. The zero-order chi connectivity index (χ0) is 13.9. The van der Waals surface area contributed by atoms with Crippen molar-refractivity contribution < 1.29 is 14.7 Å². The third-order valence-electron chi connectivity index (χ3n) is 3.46. The molecule has 1 aliphatic rings. The lowest BCUT2D eigenvalue weighted by Gasteiger charge is -2.22. The van der Waals surface area contributed by atoms with Crippen molar-refractivity contribution in [2.45, 2.75) is 37.8 Å². The average molecular weight is 266 g/mol. The van der Waals surface area contributed by atoms with Crippen LogP contribution < -0.4 is 11.1 Å². The van der Waals surface area contributed by atoms with E-state index in [9.17, 15) is 9.59 Å². The van der Waals surface area contributed by atoms with Crippen LogP contribution in [0.1, 0.15) is 36.2 Å². The van der Waals surface area contributed by atoms with Gasteiger partial charge >= 0.3 is 5.97 Å². The maximum absolute atomic E-state index is 11.9. The van der Waals surface area contributed by atoms with Gasteiger partial charge in [-0.3, -0.25) is 4.79 Å². The SMILES string of the molecule is NC1(C(=O)NCCn2cnc(C(=O)O)c2)CCCC1. The predicted molar refractivity (Wildman–Crippen MR) is 67.6 cm³/mol. The largest absolute Gasteiger partial charge is 0.476 e. The Kier molecular flexibility index (Phi) is 3.84. The predicted octanol–water partition coefficient (Wildman–Crippen LogP) is -0.0310. The van der Waals surface area contributed by atoms with Gasteiger partial charge in [0.2, 0.25) is 5.91 Å². The minimum atomic E-state index is -1.06. The molecule has 0 atom stereocenters. The molecule has 4 N–H and O–H groups in total. The molecule has 7 nitrogen and oxygen atoms in total. The van der Waals surface area contributed by atoms with Crippen molar-refractivity contribution in [3.05, 3.63) is 18.2 Å². The molecule has 0 bridgehead atoms. The highest BCUT2D eigenvalue weighted by molar-refractivity contribution is 5.86. The number of carbonyl (C=O) groups excluding carboxylic acids is 1. The van der Waals surface area contributed by atoms with E-state index in [4.69, 9.17) is 10.8 Å². The second kappa shape index (κ2) is 5.40. The number of amides is 1. The molecule has 0 radical (unpaired) electrons. The van der Waals surface area contributed by atoms with Crippen LogP contribution in [0.3, 0.4) is 0 Å². The summed E-state index contributed by atoms with van der Waals surface area (Å²) in [7, 11) is 0. The lowest BCUT2D eigenvalue weighted by Crippen LogP contribution is -2.52. The van der Waals surface area contributed by atoms with Gasteiger partial charge in [-0.05, 0) is 12.8 Å². The number of nitrogens with one attached hydrogen (secondary N) is 1.